The van der Waals surface area contributed by atoms with Crippen molar-refractivity contribution in [3.63, 3.8) is 0 Å². The average Bonchev–Trinajstić information content (AvgIpc) is 2.28. The molecule has 1 aromatic carbocycles. The molecule has 0 saturated heterocycles. The van der Waals surface area contributed by atoms with Crippen LogP contribution in [-0.2, 0) is 4.79 Å². The van der Waals surface area contributed by atoms with Gasteiger partial charge in [-0.05, 0) is 40.1 Å². The Balaban J connectivity index is 3.11. The summed E-state index contributed by atoms with van der Waals surface area (Å²) in [5.41, 5.74) is -0.353. The fraction of sp³-hybridized carbons (Fsp3) is 0.385. The van der Waals surface area contributed by atoms with Gasteiger partial charge in [-0.1, -0.05) is 44.0 Å². The minimum absolute atomic E-state index is 0.263. The molecule has 110 valence electrons. The first-order valence-electron chi connectivity index (χ1n) is 5.72. The lowest BCUT2D eigenvalue weighted by atomic mass is 9.86. The van der Waals surface area contributed by atoms with Gasteiger partial charge in [-0.15, -0.1) is 0 Å². The quantitative estimate of drug-likeness (QED) is 0.566. The summed E-state index contributed by atoms with van der Waals surface area (Å²) in [4.78, 5) is 23.5. The molecule has 1 atom stereocenters. The lowest BCUT2D eigenvalue weighted by molar-refractivity contribution is -0.142. The molecule has 1 rings (SSSR count). The van der Waals surface area contributed by atoms with Crippen LogP contribution in [-0.4, -0.2) is 23.0 Å². The standard InChI is InChI=1S/C13H14Cl2INO3/c1-13(2,3)10(12(19)20)17-11(18)7-4-6(14)5-8(15)9(7)16/h4-5,10H,1-3H3,(H,17,18)(H,19,20)/t10-/m0/s1. The van der Waals surface area contributed by atoms with Crippen LogP contribution >= 0.6 is 45.8 Å². The third kappa shape index (κ3) is 4.23. The number of carbonyl (C=O) groups excluding carboxylic acids is 1. The molecule has 1 aromatic rings. The van der Waals surface area contributed by atoms with Crippen LogP contribution in [0.25, 0.3) is 0 Å². The van der Waals surface area contributed by atoms with Crippen molar-refractivity contribution in [2.45, 2.75) is 26.8 Å². The second-order valence-electron chi connectivity index (χ2n) is 5.36. The van der Waals surface area contributed by atoms with E-state index in [2.05, 4.69) is 5.32 Å². The Bertz CT molecular complexity index is 555. The zero-order valence-corrected chi connectivity index (χ0v) is 14.8. The van der Waals surface area contributed by atoms with Crippen LogP contribution in [0.3, 0.4) is 0 Å². The van der Waals surface area contributed by atoms with Crippen LogP contribution in [0.15, 0.2) is 12.1 Å². The Labute approximate surface area is 141 Å². The lowest BCUT2D eigenvalue weighted by Gasteiger charge is -2.28. The average molecular weight is 430 g/mol. The highest BCUT2D eigenvalue weighted by atomic mass is 127. The topological polar surface area (TPSA) is 66.4 Å². The predicted octanol–water partition coefficient (Wildman–Crippen LogP) is 3.83. The number of carboxylic acids is 1. The summed E-state index contributed by atoms with van der Waals surface area (Å²) >= 11 is 13.8. The van der Waals surface area contributed by atoms with E-state index in [-0.39, 0.29) is 5.56 Å². The second-order valence-corrected chi connectivity index (χ2v) is 7.28. The largest absolute Gasteiger partial charge is 0.480 e. The molecule has 0 fully saturated rings. The van der Waals surface area contributed by atoms with E-state index in [1.54, 1.807) is 20.8 Å². The van der Waals surface area contributed by atoms with E-state index in [9.17, 15) is 14.7 Å². The van der Waals surface area contributed by atoms with Crippen molar-refractivity contribution in [2.75, 3.05) is 0 Å². The second kappa shape index (κ2) is 6.49. The summed E-state index contributed by atoms with van der Waals surface area (Å²) in [5.74, 6) is -1.60. The maximum atomic E-state index is 12.2. The van der Waals surface area contributed by atoms with Crippen molar-refractivity contribution < 1.29 is 14.7 Å². The molecule has 0 aliphatic rings. The van der Waals surface area contributed by atoms with E-state index in [4.69, 9.17) is 23.2 Å². The van der Waals surface area contributed by atoms with Crippen molar-refractivity contribution in [3.8, 4) is 0 Å². The number of hydrogen-bond acceptors (Lipinski definition) is 2. The number of nitrogens with one attached hydrogen (secondary N) is 1. The monoisotopic (exact) mass is 429 g/mol. The van der Waals surface area contributed by atoms with Gasteiger partial charge in [-0.3, -0.25) is 4.79 Å². The molecule has 2 N–H and O–H groups in total. The Morgan fingerprint density at radius 1 is 1.30 bits per heavy atom. The normalized spacial score (nSPS) is 12.9. The van der Waals surface area contributed by atoms with Crippen LogP contribution in [0.4, 0.5) is 0 Å². The molecule has 0 unspecified atom stereocenters. The SMILES string of the molecule is CC(C)(C)[C@@H](NC(=O)c1cc(Cl)cc(Cl)c1I)C(=O)O. The molecule has 20 heavy (non-hydrogen) atoms. The number of carbonyl (C=O) groups is 2. The summed E-state index contributed by atoms with van der Waals surface area (Å²) in [6.45, 7) is 5.21. The van der Waals surface area contributed by atoms with Crippen molar-refractivity contribution >= 4 is 57.7 Å². The highest BCUT2D eigenvalue weighted by Crippen LogP contribution is 2.27. The highest BCUT2D eigenvalue weighted by molar-refractivity contribution is 14.1. The van der Waals surface area contributed by atoms with Crippen LogP contribution < -0.4 is 5.32 Å². The van der Waals surface area contributed by atoms with Crippen LogP contribution in [0.1, 0.15) is 31.1 Å². The van der Waals surface area contributed by atoms with Gasteiger partial charge >= 0.3 is 5.97 Å². The van der Waals surface area contributed by atoms with Crippen molar-refractivity contribution in [3.05, 3.63) is 31.3 Å². The third-order valence-corrected chi connectivity index (χ3v) is 4.62. The van der Waals surface area contributed by atoms with Crippen LogP contribution in [0.5, 0.6) is 0 Å². The van der Waals surface area contributed by atoms with E-state index in [0.717, 1.165) is 0 Å². The van der Waals surface area contributed by atoms with Gasteiger partial charge in [0.2, 0.25) is 0 Å². The Morgan fingerprint density at radius 2 is 1.85 bits per heavy atom. The molecule has 0 spiro atoms. The van der Waals surface area contributed by atoms with E-state index < -0.39 is 23.3 Å². The van der Waals surface area contributed by atoms with Crippen molar-refractivity contribution in [1.82, 2.24) is 5.32 Å². The number of amides is 1. The number of aliphatic carboxylic acids is 1. The first kappa shape index (κ1) is 17.5. The van der Waals surface area contributed by atoms with E-state index >= 15 is 0 Å². The summed E-state index contributed by atoms with van der Waals surface area (Å²) in [7, 11) is 0. The fourth-order valence-corrected chi connectivity index (χ4v) is 2.63. The zero-order valence-electron chi connectivity index (χ0n) is 11.1. The minimum atomic E-state index is -1.09. The van der Waals surface area contributed by atoms with Gasteiger partial charge in [0.05, 0.1) is 10.6 Å². The summed E-state index contributed by atoms with van der Waals surface area (Å²) < 4.78 is 0.532. The lowest BCUT2D eigenvalue weighted by Crippen LogP contribution is -2.49. The van der Waals surface area contributed by atoms with Crippen LogP contribution in [0, 0.1) is 8.99 Å². The maximum Gasteiger partial charge on any atom is 0.326 e. The van der Waals surface area contributed by atoms with Gasteiger partial charge in [0.25, 0.3) is 5.91 Å². The van der Waals surface area contributed by atoms with Crippen molar-refractivity contribution in [1.29, 1.82) is 0 Å². The molecular formula is C13H14Cl2INO3. The number of benzene rings is 1. The highest BCUT2D eigenvalue weighted by Gasteiger charge is 2.33. The molecule has 0 aliphatic carbocycles. The van der Waals surface area contributed by atoms with Gasteiger partial charge in [0.15, 0.2) is 0 Å². The number of hydrogen-bond donors (Lipinski definition) is 2. The van der Waals surface area contributed by atoms with Gasteiger partial charge in [0, 0.05) is 8.59 Å². The third-order valence-electron chi connectivity index (χ3n) is 2.63. The van der Waals surface area contributed by atoms with Gasteiger partial charge in [-0.25, -0.2) is 4.79 Å². The Kier molecular flexibility index (Phi) is 5.69. The Hall–Kier alpha value is -0.530. The predicted molar refractivity (Wildman–Crippen MR) is 87.5 cm³/mol. The van der Waals surface area contributed by atoms with E-state index in [1.807, 2.05) is 22.6 Å². The molecular weight excluding hydrogens is 416 g/mol. The molecule has 7 heteroatoms. The molecule has 4 nitrogen and oxygen atoms in total. The molecule has 0 bridgehead atoms. The molecule has 0 saturated carbocycles. The first-order chi connectivity index (χ1) is 9.04. The van der Waals surface area contributed by atoms with E-state index in [1.165, 1.54) is 12.1 Å². The molecule has 0 aliphatic heterocycles. The molecule has 0 radical (unpaired) electrons. The first-order valence-corrected chi connectivity index (χ1v) is 7.55. The minimum Gasteiger partial charge on any atom is -0.480 e. The number of rotatable bonds is 3. The Morgan fingerprint density at radius 3 is 2.30 bits per heavy atom. The number of halogens is 3. The molecule has 1 amide bonds. The van der Waals surface area contributed by atoms with Gasteiger partial charge < -0.3 is 10.4 Å². The zero-order chi connectivity index (χ0) is 15.7. The molecule has 0 aromatic heterocycles. The summed E-state index contributed by atoms with van der Waals surface area (Å²) in [5, 5.41) is 12.4. The van der Waals surface area contributed by atoms with E-state index in [0.29, 0.717) is 13.6 Å². The van der Waals surface area contributed by atoms with Crippen molar-refractivity contribution in [2.24, 2.45) is 5.41 Å². The molecule has 0 heterocycles. The van der Waals surface area contributed by atoms with Gasteiger partial charge in [0.1, 0.15) is 6.04 Å². The fourth-order valence-electron chi connectivity index (χ4n) is 1.58. The maximum absolute atomic E-state index is 12.2. The smallest absolute Gasteiger partial charge is 0.326 e. The number of carboxylic acid groups (broad SMARTS) is 1. The summed E-state index contributed by atoms with van der Waals surface area (Å²) in [6.07, 6.45) is 0. The summed E-state index contributed by atoms with van der Waals surface area (Å²) in [6, 6.07) is 1.98. The van der Waals surface area contributed by atoms with Crippen LogP contribution in [0.2, 0.25) is 10.0 Å². The van der Waals surface area contributed by atoms with Gasteiger partial charge in [-0.2, -0.15) is 0 Å².